The molecule has 1 aromatic heterocycles. The fraction of sp³-hybridized carbons (Fsp3) is 0.533. The number of alkyl halides is 3. The van der Waals surface area contributed by atoms with E-state index < -0.39 is 17.3 Å². The summed E-state index contributed by atoms with van der Waals surface area (Å²) in [6.45, 7) is 6.81. The molecular formula is C15H20F3N5O. The minimum atomic E-state index is -4.38. The molecule has 1 N–H and O–H groups in total. The molecule has 0 fully saturated rings. The third-order valence-corrected chi connectivity index (χ3v) is 3.40. The Kier molecular flexibility index (Phi) is 5.24. The van der Waals surface area contributed by atoms with Crippen LogP contribution < -0.4 is 0 Å². The van der Waals surface area contributed by atoms with E-state index in [4.69, 9.17) is 0 Å². The van der Waals surface area contributed by atoms with Crippen molar-refractivity contribution in [2.45, 2.75) is 39.1 Å². The van der Waals surface area contributed by atoms with E-state index in [1.165, 1.54) is 16.8 Å². The number of rotatable bonds is 6. The van der Waals surface area contributed by atoms with Crippen molar-refractivity contribution in [1.29, 1.82) is 0 Å². The number of tetrazole rings is 1. The van der Waals surface area contributed by atoms with Gasteiger partial charge in [0.05, 0.1) is 23.4 Å². The van der Waals surface area contributed by atoms with Gasteiger partial charge in [-0.3, -0.25) is 4.90 Å². The minimum absolute atomic E-state index is 0.370. The van der Waals surface area contributed by atoms with Gasteiger partial charge in [-0.05, 0) is 55.1 Å². The van der Waals surface area contributed by atoms with Gasteiger partial charge < -0.3 is 5.11 Å². The van der Waals surface area contributed by atoms with Crippen molar-refractivity contribution in [2.75, 3.05) is 13.1 Å². The van der Waals surface area contributed by atoms with Crippen molar-refractivity contribution in [2.24, 2.45) is 0 Å². The van der Waals surface area contributed by atoms with Crippen LogP contribution in [0.3, 0.4) is 0 Å². The number of benzene rings is 1. The summed E-state index contributed by atoms with van der Waals surface area (Å²) in [5, 5.41) is 21.3. The number of likely N-dealkylation sites (N-methyl/N-ethyl adjacent to an activating group) is 1. The molecule has 0 aliphatic rings. The number of aliphatic hydroxyl groups is 1. The van der Waals surface area contributed by atoms with E-state index in [1.54, 1.807) is 13.8 Å². The molecular weight excluding hydrogens is 323 g/mol. The van der Waals surface area contributed by atoms with Crippen LogP contribution in [0.1, 0.15) is 32.2 Å². The van der Waals surface area contributed by atoms with Gasteiger partial charge in [0, 0.05) is 6.54 Å². The van der Waals surface area contributed by atoms with Gasteiger partial charge >= 0.3 is 6.18 Å². The average Bonchev–Trinajstić information content (AvgIpc) is 2.92. The van der Waals surface area contributed by atoms with Crippen LogP contribution in [0.4, 0.5) is 13.2 Å². The monoisotopic (exact) mass is 343 g/mol. The van der Waals surface area contributed by atoms with E-state index in [1.807, 2.05) is 11.8 Å². The summed E-state index contributed by atoms with van der Waals surface area (Å²) >= 11 is 0. The average molecular weight is 343 g/mol. The van der Waals surface area contributed by atoms with Crippen molar-refractivity contribution < 1.29 is 18.3 Å². The molecule has 1 heterocycles. The van der Waals surface area contributed by atoms with Gasteiger partial charge in [0.15, 0.2) is 5.82 Å². The molecule has 0 saturated carbocycles. The van der Waals surface area contributed by atoms with Gasteiger partial charge in [0.25, 0.3) is 0 Å². The Morgan fingerprint density at radius 2 is 1.79 bits per heavy atom. The van der Waals surface area contributed by atoms with Gasteiger partial charge in [0.2, 0.25) is 0 Å². The standard InChI is InChI=1S/C15H20F3N5O/c1-4-22(10-14(2,3)24)9-13-19-20-21-23(13)12-7-5-11(6-8-12)15(16,17)18/h5-8,24H,4,9-10H2,1-3H3. The third-order valence-electron chi connectivity index (χ3n) is 3.40. The Bertz CT molecular complexity index is 661. The van der Waals surface area contributed by atoms with Crippen molar-refractivity contribution in [3.63, 3.8) is 0 Å². The Morgan fingerprint density at radius 1 is 1.17 bits per heavy atom. The second kappa shape index (κ2) is 6.86. The van der Waals surface area contributed by atoms with E-state index in [2.05, 4.69) is 15.5 Å². The number of hydrogen-bond donors (Lipinski definition) is 1. The Labute approximate surface area is 137 Å². The first kappa shape index (κ1) is 18.3. The van der Waals surface area contributed by atoms with E-state index in [0.717, 1.165) is 12.1 Å². The molecule has 0 saturated heterocycles. The molecule has 0 aliphatic heterocycles. The highest BCUT2D eigenvalue weighted by molar-refractivity contribution is 5.35. The van der Waals surface area contributed by atoms with Crippen LogP contribution in [0.25, 0.3) is 5.69 Å². The Morgan fingerprint density at radius 3 is 2.29 bits per heavy atom. The zero-order valence-corrected chi connectivity index (χ0v) is 13.7. The molecule has 0 amide bonds. The van der Waals surface area contributed by atoms with Gasteiger partial charge in [0.1, 0.15) is 0 Å². The van der Waals surface area contributed by atoms with Crippen LogP contribution in [-0.4, -0.2) is 48.9 Å². The summed E-state index contributed by atoms with van der Waals surface area (Å²) < 4.78 is 39.3. The molecule has 132 valence electrons. The van der Waals surface area contributed by atoms with Crippen molar-refractivity contribution >= 4 is 0 Å². The predicted octanol–water partition coefficient (Wildman–Crippen LogP) is 2.27. The van der Waals surface area contributed by atoms with Crippen LogP contribution in [0.5, 0.6) is 0 Å². The first-order valence-corrected chi connectivity index (χ1v) is 7.50. The van der Waals surface area contributed by atoms with Crippen LogP contribution >= 0.6 is 0 Å². The normalized spacial score (nSPS) is 12.8. The molecule has 0 unspecified atom stereocenters. The Balaban J connectivity index is 2.21. The fourth-order valence-electron chi connectivity index (χ4n) is 2.32. The lowest BCUT2D eigenvalue weighted by atomic mass is 10.1. The molecule has 0 spiro atoms. The molecule has 0 radical (unpaired) electrons. The van der Waals surface area contributed by atoms with Crippen molar-refractivity contribution in [3.8, 4) is 5.69 Å². The predicted molar refractivity (Wildman–Crippen MR) is 81.4 cm³/mol. The number of halogens is 3. The lowest BCUT2D eigenvalue weighted by molar-refractivity contribution is -0.137. The maximum Gasteiger partial charge on any atom is 0.416 e. The Hall–Kier alpha value is -2.00. The lowest BCUT2D eigenvalue weighted by Crippen LogP contribution is -2.38. The minimum Gasteiger partial charge on any atom is -0.389 e. The highest BCUT2D eigenvalue weighted by Crippen LogP contribution is 2.29. The van der Waals surface area contributed by atoms with Gasteiger partial charge in [-0.1, -0.05) is 6.92 Å². The molecule has 2 rings (SSSR count). The highest BCUT2D eigenvalue weighted by Gasteiger charge is 2.30. The van der Waals surface area contributed by atoms with Crippen LogP contribution in [0.15, 0.2) is 24.3 Å². The number of nitrogens with zero attached hydrogens (tertiary/aromatic N) is 5. The van der Waals surface area contributed by atoms with E-state index in [9.17, 15) is 18.3 Å². The van der Waals surface area contributed by atoms with Gasteiger partial charge in [-0.25, -0.2) is 0 Å². The smallest absolute Gasteiger partial charge is 0.389 e. The topological polar surface area (TPSA) is 67.1 Å². The lowest BCUT2D eigenvalue weighted by Gasteiger charge is -2.27. The SMILES string of the molecule is CCN(Cc1nnnn1-c1ccc(C(F)(F)F)cc1)CC(C)(C)O. The van der Waals surface area contributed by atoms with Crippen molar-refractivity contribution in [3.05, 3.63) is 35.7 Å². The summed E-state index contributed by atoms with van der Waals surface area (Å²) in [6, 6.07) is 4.65. The second-order valence-corrected chi connectivity index (χ2v) is 6.17. The summed E-state index contributed by atoms with van der Waals surface area (Å²) in [7, 11) is 0. The molecule has 1 aromatic carbocycles. The molecule has 6 nitrogen and oxygen atoms in total. The maximum atomic E-state index is 12.6. The number of aromatic nitrogens is 4. The second-order valence-electron chi connectivity index (χ2n) is 6.17. The molecule has 2 aromatic rings. The zero-order valence-electron chi connectivity index (χ0n) is 13.7. The van der Waals surface area contributed by atoms with Crippen LogP contribution in [-0.2, 0) is 12.7 Å². The molecule has 9 heteroatoms. The quantitative estimate of drug-likeness (QED) is 0.872. The summed E-state index contributed by atoms with van der Waals surface area (Å²) in [6.07, 6.45) is -4.38. The fourth-order valence-corrected chi connectivity index (χ4v) is 2.32. The van der Waals surface area contributed by atoms with E-state index in [0.29, 0.717) is 31.1 Å². The summed E-state index contributed by atoms with van der Waals surface area (Å²) in [5.41, 5.74) is -1.15. The molecule has 24 heavy (non-hydrogen) atoms. The maximum absolute atomic E-state index is 12.6. The van der Waals surface area contributed by atoms with E-state index in [-0.39, 0.29) is 0 Å². The highest BCUT2D eigenvalue weighted by atomic mass is 19.4. The number of hydrogen-bond acceptors (Lipinski definition) is 5. The third kappa shape index (κ3) is 4.75. The summed E-state index contributed by atoms with van der Waals surface area (Å²) in [5.74, 6) is 0.487. The van der Waals surface area contributed by atoms with Gasteiger partial charge in [-0.15, -0.1) is 5.10 Å². The van der Waals surface area contributed by atoms with Crippen LogP contribution in [0, 0.1) is 0 Å². The van der Waals surface area contributed by atoms with Crippen LogP contribution in [0.2, 0.25) is 0 Å². The summed E-state index contributed by atoms with van der Waals surface area (Å²) in [4.78, 5) is 1.95. The first-order chi connectivity index (χ1) is 11.1. The zero-order chi connectivity index (χ0) is 18.0. The van der Waals surface area contributed by atoms with E-state index >= 15 is 0 Å². The van der Waals surface area contributed by atoms with Crippen molar-refractivity contribution in [1.82, 2.24) is 25.1 Å². The first-order valence-electron chi connectivity index (χ1n) is 7.50. The molecule has 0 aliphatic carbocycles. The largest absolute Gasteiger partial charge is 0.416 e. The van der Waals surface area contributed by atoms with Gasteiger partial charge in [-0.2, -0.15) is 17.9 Å². The molecule has 0 atom stereocenters. The molecule has 0 bridgehead atoms.